The number of hydrogen-bond acceptors (Lipinski definition) is 9. The van der Waals surface area contributed by atoms with E-state index < -0.39 is 17.5 Å². The van der Waals surface area contributed by atoms with Crippen LogP contribution in [0.4, 0.5) is 20.3 Å². The zero-order chi connectivity index (χ0) is 33.7. The van der Waals surface area contributed by atoms with Crippen molar-refractivity contribution in [1.29, 1.82) is 5.26 Å². The fraction of sp³-hybridized carbons (Fsp3) is 0.441. The molecule has 14 heteroatoms. The van der Waals surface area contributed by atoms with Crippen LogP contribution in [0.2, 0.25) is 5.02 Å². The summed E-state index contributed by atoms with van der Waals surface area (Å²) in [7, 11) is 0. The van der Waals surface area contributed by atoms with Crippen molar-refractivity contribution in [3.8, 4) is 23.2 Å². The molecule has 3 fully saturated rings. The minimum Gasteiger partial charge on any atom is -0.461 e. The zero-order valence-electron chi connectivity index (χ0n) is 26.4. The van der Waals surface area contributed by atoms with E-state index in [2.05, 4.69) is 21.1 Å². The average Bonchev–Trinajstić information content (AvgIpc) is 3.68. The Kier molecular flexibility index (Phi) is 8.93. The summed E-state index contributed by atoms with van der Waals surface area (Å²) in [5, 5.41) is 14.7. The quantitative estimate of drug-likeness (QED) is 0.171. The maximum atomic E-state index is 16.9. The van der Waals surface area contributed by atoms with E-state index in [9.17, 15) is 14.4 Å². The van der Waals surface area contributed by atoms with Gasteiger partial charge in [-0.25, -0.2) is 13.5 Å². The van der Waals surface area contributed by atoms with E-state index in [4.69, 9.17) is 27.1 Å². The molecular formula is C34H34ClF2IN8O2. The molecule has 0 radical (unpaired) electrons. The Balaban J connectivity index is 1.30. The summed E-state index contributed by atoms with van der Waals surface area (Å²) in [6.07, 6.45) is 4.75. The standard InChI is InChI=1S/C34H34ClF2IN8O2/c1-19-7-13-46(43-19)32(47)20-4-2-10-44(12-8-20)31-22-14-24(35)28(27-23(16-39)26(40)6-5-25(27)38)29(37)30(22)41-33(42-31)48-18-34-9-3-11-45(34)17-21(36)15-34/h5-7,13-14,20-21H,2-4,8-12,15,17-18,40H2,1H3/t20?,21-,34+/m1/s1. The van der Waals surface area contributed by atoms with Gasteiger partial charge in [-0.3, -0.25) is 9.69 Å². The molecule has 2 aromatic carbocycles. The van der Waals surface area contributed by atoms with Crippen LogP contribution in [-0.2, 0) is 0 Å². The van der Waals surface area contributed by atoms with Crippen LogP contribution in [0, 0.1) is 33.6 Å². The van der Waals surface area contributed by atoms with Crippen molar-refractivity contribution in [2.24, 2.45) is 5.92 Å². The molecule has 2 N–H and O–H groups in total. The Morgan fingerprint density at radius 3 is 2.81 bits per heavy atom. The lowest BCUT2D eigenvalue weighted by Crippen LogP contribution is -2.43. The van der Waals surface area contributed by atoms with Gasteiger partial charge in [-0.15, -0.1) is 0 Å². The Hall–Kier alpha value is -3.61. The van der Waals surface area contributed by atoms with Gasteiger partial charge in [-0.05, 0) is 92.4 Å². The van der Waals surface area contributed by atoms with E-state index in [1.165, 1.54) is 4.68 Å². The summed E-state index contributed by atoms with van der Waals surface area (Å²) in [4.78, 5) is 26.8. The van der Waals surface area contributed by atoms with Crippen molar-refractivity contribution >= 4 is 62.5 Å². The first-order valence-electron chi connectivity index (χ1n) is 16.1. The Morgan fingerprint density at radius 1 is 1.21 bits per heavy atom. The van der Waals surface area contributed by atoms with E-state index in [1.807, 2.05) is 34.4 Å². The van der Waals surface area contributed by atoms with Gasteiger partial charge in [0.2, 0.25) is 5.91 Å². The van der Waals surface area contributed by atoms with Gasteiger partial charge in [0.1, 0.15) is 30.2 Å². The number of benzene rings is 2. The van der Waals surface area contributed by atoms with Gasteiger partial charge in [-0.1, -0.05) is 11.6 Å². The lowest BCUT2D eigenvalue weighted by molar-refractivity contribution is 0.0806. The van der Waals surface area contributed by atoms with Gasteiger partial charge in [0.15, 0.2) is 5.82 Å². The predicted molar refractivity (Wildman–Crippen MR) is 187 cm³/mol. The Morgan fingerprint density at radius 2 is 2.04 bits per heavy atom. The second-order valence-electron chi connectivity index (χ2n) is 13.0. The van der Waals surface area contributed by atoms with Crippen molar-refractivity contribution in [3.63, 3.8) is 0 Å². The van der Waals surface area contributed by atoms with Crippen molar-refractivity contribution in [2.75, 3.05) is 43.4 Å². The molecule has 2 aromatic heterocycles. The monoisotopic (exact) mass is 786 g/mol. The van der Waals surface area contributed by atoms with Crippen LogP contribution in [0.25, 0.3) is 22.0 Å². The third-order valence-corrected chi connectivity index (χ3v) is 11.1. The number of carbonyl (C=O) groups is 1. The van der Waals surface area contributed by atoms with Crippen molar-refractivity contribution in [3.05, 3.63) is 56.1 Å². The first-order valence-corrected chi connectivity index (χ1v) is 17.6. The van der Waals surface area contributed by atoms with Gasteiger partial charge in [0, 0.05) is 58.3 Å². The number of nitrogens with two attached hydrogens (primary N) is 1. The molecule has 4 aromatic rings. The first-order chi connectivity index (χ1) is 23.1. The van der Waals surface area contributed by atoms with Gasteiger partial charge in [-0.2, -0.15) is 20.3 Å². The molecule has 0 saturated carbocycles. The number of anilines is 2. The van der Waals surface area contributed by atoms with E-state index in [-0.39, 0.29) is 57.4 Å². The number of nitriles is 1. The molecule has 1 unspecified atom stereocenters. The lowest BCUT2D eigenvalue weighted by Gasteiger charge is -2.31. The fourth-order valence-electron chi connectivity index (χ4n) is 7.58. The van der Waals surface area contributed by atoms with Gasteiger partial charge < -0.3 is 15.4 Å². The zero-order valence-corrected chi connectivity index (χ0v) is 29.3. The molecule has 0 spiro atoms. The van der Waals surface area contributed by atoms with Crippen LogP contribution in [0.1, 0.15) is 54.6 Å². The summed E-state index contributed by atoms with van der Waals surface area (Å²) < 4.78 is 39.7. The summed E-state index contributed by atoms with van der Waals surface area (Å²) in [6.45, 7) is 4.21. The number of rotatable bonds is 6. The first kappa shape index (κ1) is 32.9. The number of aromatic nitrogens is 4. The smallest absolute Gasteiger partial charge is 0.319 e. The van der Waals surface area contributed by atoms with E-state index in [1.54, 1.807) is 30.5 Å². The van der Waals surface area contributed by atoms with Crippen LogP contribution in [0.15, 0.2) is 30.5 Å². The van der Waals surface area contributed by atoms with Gasteiger partial charge in [0.05, 0.1) is 27.5 Å². The minimum absolute atomic E-state index is 0.0145. The van der Waals surface area contributed by atoms with Crippen molar-refractivity contribution in [2.45, 2.75) is 57.2 Å². The molecule has 3 aliphatic heterocycles. The minimum atomic E-state index is -0.933. The molecule has 7 rings (SSSR count). The number of ether oxygens (including phenoxy) is 1. The molecule has 3 aliphatic rings. The lowest BCUT2D eigenvalue weighted by atomic mass is 9.95. The average molecular weight is 787 g/mol. The highest BCUT2D eigenvalue weighted by Crippen LogP contribution is 2.44. The van der Waals surface area contributed by atoms with Crippen LogP contribution in [0.5, 0.6) is 6.01 Å². The highest BCUT2D eigenvalue weighted by molar-refractivity contribution is 14.1. The second kappa shape index (κ2) is 13.0. The fourth-order valence-corrected chi connectivity index (χ4v) is 8.59. The molecule has 0 bridgehead atoms. The summed E-state index contributed by atoms with van der Waals surface area (Å²) in [5.74, 6) is -0.603. The third-order valence-electron chi connectivity index (χ3n) is 9.95. The molecule has 48 heavy (non-hydrogen) atoms. The molecular weight excluding hydrogens is 753 g/mol. The van der Waals surface area contributed by atoms with Crippen LogP contribution in [-0.4, -0.2) is 75.1 Å². The Labute approximate surface area is 295 Å². The predicted octanol–water partition coefficient (Wildman–Crippen LogP) is 6.55. The molecule has 250 valence electrons. The topological polar surface area (TPSA) is 126 Å². The number of nitrogens with zero attached hydrogens (tertiary/aromatic N) is 7. The van der Waals surface area contributed by atoms with Crippen molar-refractivity contribution < 1.29 is 18.3 Å². The molecule has 0 amide bonds. The number of alkyl halides is 1. The van der Waals surface area contributed by atoms with Gasteiger partial charge >= 0.3 is 6.01 Å². The number of aryl methyl sites for hydroxylation is 1. The maximum absolute atomic E-state index is 16.9. The third kappa shape index (κ3) is 5.85. The summed E-state index contributed by atoms with van der Waals surface area (Å²) in [5.41, 5.74) is 7.05. The molecule has 10 nitrogen and oxygen atoms in total. The molecule has 3 atom stereocenters. The largest absolute Gasteiger partial charge is 0.461 e. The molecule has 3 saturated heterocycles. The number of fused-ring (bicyclic) bond motifs is 2. The SMILES string of the molecule is Cc1ccn(C(=O)C2CCCN(c3nc(OC[C@@]45CCCN4C[C@H](F)C5)nc4c(F)c(-c5c(I)ccc(N)c5C#N)c(Cl)cc34)CC2)n1. The van der Waals surface area contributed by atoms with Crippen molar-refractivity contribution in [1.82, 2.24) is 24.6 Å². The normalized spacial score (nSPS) is 22.9. The van der Waals surface area contributed by atoms with E-state index in [0.717, 1.165) is 25.1 Å². The second-order valence-corrected chi connectivity index (χ2v) is 14.6. The van der Waals surface area contributed by atoms with Gasteiger partial charge in [0.25, 0.3) is 0 Å². The molecule has 0 aliphatic carbocycles. The van der Waals surface area contributed by atoms with E-state index >= 15 is 4.39 Å². The summed E-state index contributed by atoms with van der Waals surface area (Å²) in [6, 6.07) is 8.80. The maximum Gasteiger partial charge on any atom is 0.319 e. The van der Waals surface area contributed by atoms with E-state index in [0.29, 0.717) is 60.1 Å². The van der Waals surface area contributed by atoms with Crippen LogP contribution >= 0.6 is 34.2 Å². The number of carbonyl (C=O) groups excluding carboxylic acids is 1. The highest BCUT2D eigenvalue weighted by atomic mass is 127. The number of halogens is 4. The number of nitrogen functional groups attached to an aromatic ring is 1. The molecule has 5 heterocycles. The summed E-state index contributed by atoms with van der Waals surface area (Å²) >= 11 is 8.88. The van der Waals surface area contributed by atoms with Crippen LogP contribution < -0.4 is 15.4 Å². The highest BCUT2D eigenvalue weighted by Gasteiger charge is 2.49. The Bertz CT molecular complexity index is 1970. The van der Waals surface area contributed by atoms with Crippen LogP contribution in [0.3, 0.4) is 0 Å². The number of hydrogen-bond donors (Lipinski definition) is 1.